The molecule has 25 heavy (non-hydrogen) atoms. The monoisotopic (exact) mass is 376 g/mol. The van der Waals surface area contributed by atoms with Crippen molar-refractivity contribution in [3.05, 3.63) is 59.1 Å². The molecule has 2 aromatic carbocycles. The van der Waals surface area contributed by atoms with Crippen molar-refractivity contribution in [3.8, 4) is 17.2 Å². The van der Waals surface area contributed by atoms with Crippen LogP contribution in [0.4, 0.5) is 0 Å². The Morgan fingerprint density at radius 2 is 2.00 bits per heavy atom. The fourth-order valence-electron chi connectivity index (χ4n) is 2.09. The van der Waals surface area contributed by atoms with Gasteiger partial charge in [0.2, 0.25) is 5.89 Å². The van der Waals surface area contributed by atoms with Gasteiger partial charge in [-0.3, -0.25) is 0 Å². The van der Waals surface area contributed by atoms with Crippen LogP contribution in [0.1, 0.15) is 5.56 Å². The zero-order valence-corrected chi connectivity index (χ0v) is 15.1. The SMILES string of the molecule is Cc1cccc(OC[C@@H](O)CSc2nnc(-c3ccc(Cl)cc3)o2)c1. The lowest BCUT2D eigenvalue weighted by Crippen LogP contribution is -2.20. The molecule has 0 fully saturated rings. The van der Waals surface area contributed by atoms with Crippen molar-refractivity contribution < 1.29 is 14.3 Å². The van der Waals surface area contributed by atoms with Crippen LogP contribution in [0.5, 0.6) is 5.75 Å². The molecule has 3 rings (SSSR count). The van der Waals surface area contributed by atoms with Crippen molar-refractivity contribution >= 4 is 23.4 Å². The van der Waals surface area contributed by atoms with E-state index in [0.717, 1.165) is 16.9 Å². The van der Waals surface area contributed by atoms with E-state index in [4.69, 9.17) is 20.8 Å². The number of nitrogens with zero attached hydrogens (tertiary/aromatic N) is 2. The predicted octanol–water partition coefficient (Wildman–Crippen LogP) is 4.23. The highest BCUT2D eigenvalue weighted by Gasteiger charge is 2.12. The number of ether oxygens (including phenoxy) is 1. The minimum absolute atomic E-state index is 0.203. The van der Waals surface area contributed by atoms with Gasteiger partial charge in [0, 0.05) is 16.3 Å². The molecule has 0 saturated heterocycles. The maximum Gasteiger partial charge on any atom is 0.276 e. The fraction of sp³-hybridized carbons (Fsp3) is 0.222. The van der Waals surface area contributed by atoms with Crippen LogP contribution < -0.4 is 4.74 Å². The van der Waals surface area contributed by atoms with E-state index in [1.54, 1.807) is 12.1 Å². The summed E-state index contributed by atoms with van der Waals surface area (Å²) in [5, 5.41) is 19.1. The molecule has 0 aliphatic carbocycles. The Labute approximate surface area is 155 Å². The first-order chi connectivity index (χ1) is 12.1. The van der Waals surface area contributed by atoms with Crippen molar-refractivity contribution in [2.45, 2.75) is 18.3 Å². The van der Waals surface area contributed by atoms with E-state index >= 15 is 0 Å². The van der Waals surface area contributed by atoms with Gasteiger partial charge in [-0.25, -0.2) is 0 Å². The molecule has 1 N–H and O–H groups in total. The molecule has 1 atom stereocenters. The van der Waals surface area contributed by atoms with Crippen molar-refractivity contribution in [3.63, 3.8) is 0 Å². The number of aryl methyl sites for hydroxylation is 1. The quantitative estimate of drug-likeness (QED) is 0.622. The van der Waals surface area contributed by atoms with Crippen molar-refractivity contribution in [1.29, 1.82) is 0 Å². The molecule has 0 bridgehead atoms. The average Bonchev–Trinajstić information content (AvgIpc) is 3.08. The van der Waals surface area contributed by atoms with E-state index in [-0.39, 0.29) is 6.61 Å². The maximum atomic E-state index is 10.0. The Morgan fingerprint density at radius 3 is 2.76 bits per heavy atom. The number of hydrogen-bond donors (Lipinski definition) is 1. The molecule has 0 saturated carbocycles. The molecule has 0 radical (unpaired) electrons. The summed E-state index contributed by atoms with van der Waals surface area (Å²) in [5.74, 6) is 1.56. The molecule has 0 aliphatic rings. The molecule has 3 aromatic rings. The number of hydrogen-bond acceptors (Lipinski definition) is 6. The van der Waals surface area contributed by atoms with Gasteiger partial charge >= 0.3 is 0 Å². The van der Waals surface area contributed by atoms with E-state index in [9.17, 15) is 5.11 Å². The molecule has 0 amide bonds. The molecule has 0 spiro atoms. The van der Waals surface area contributed by atoms with Gasteiger partial charge in [-0.15, -0.1) is 10.2 Å². The van der Waals surface area contributed by atoms with Gasteiger partial charge in [-0.1, -0.05) is 35.5 Å². The lowest BCUT2D eigenvalue weighted by atomic mass is 10.2. The Bertz CT molecular complexity index is 823. The number of aliphatic hydroxyl groups is 1. The number of benzene rings is 2. The maximum absolute atomic E-state index is 10.0. The van der Waals surface area contributed by atoms with Crippen LogP contribution in [0.15, 0.2) is 58.2 Å². The molecule has 7 heteroatoms. The zero-order valence-electron chi connectivity index (χ0n) is 13.6. The first-order valence-electron chi connectivity index (χ1n) is 7.70. The Hall–Kier alpha value is -2.02. The first-order valence-corrected chi connectivity index (χ1v) is 9.06. The highest BCUT2D eigenvalue weighted by Crippen LogP contribution is 2.24. The summed E-state index contributed by atoms with van der Waals surface area (Å²) in [7, 11) is 0. The molecular weight excluding hydrogens is 360 g/mol. The average molecular weight is 377 g/mol. The number of halogens is 1. The fourth-order valence-corrected chi connectivity index (χ4v) is 2.88. The van der Waals surface area contributed by atoms with Crippen LogP contribution in [0, 0.1) is 6.92 Å². The standard InChI is InChI=1S/C18H17ClN2O3S/c1-12-3-2-4-16(9-12)23-10-15(22)11-25-18-21-20-17(24-18)13-5-7-14(19)8-6-13/h2-9,15,22H,10-11H2,1H3/t15-/m1/s1. The highest BCUT2D eigenvalue weighted by molar-refractivity contribution is 7.99. The number of aromatic nitrogens is 2. The second-order valence-electron chi connectivity index (χ2n) is 5.47. The van der Waals surface area contributed by atoms with Gasteiger partial charge in [0.15, 0.2) is 0 Å². The number of rotatable bonds is 7. The van der Waals surface area contributed by atoms with Crippen molar-refractivity contribution in [1.82, 2.24) is 10.2 Å². The molecule has 5 nitrogen and oxygen atoms in total. The van der Waals surface area contributed by atoms with Gasteiger partial charge in [0.1, 0.15) is 12.4 Å². The van der Waals surface area contributed by atoms with Crippen molar-refractivity contribution in [2.24, 2.45) is 0 Å². The first kappa shape index (κ1) is 17.8. The third kappa shape index (κ3) is 5.22. The second kappa shape index (κ2) is 8.38. The molecule has 0 aliphatic heterocycles. The van der Waals surface area contributed by atoms with E-state index in [2.05, 4.69) is 10.2 Å². The Morgan fingerprint density at radius 1 is 1.20 bits per heavy atom. The third-order valence-electron chi connectivity index (χ3n) is 3.33. The molecule has 1 aromatic heterocycles. The van der Waals surface area contributed by atoms with Gasteiger partial charge in [0.25, 0.3) is 5.22 Å². The summed E-state index contributed by atoms with van der Waals surface area (Å²) in [4.78, 5) is 0. The van der Waals surface area contributed by atoms with Gasteiger partial charge in [0.05, 0.1) is 6.10 Å². The largest absolute Gasteiger partial charge is 0.491 e. The zero-order chi connectivity index (χ0) is 17.6. The minimum Gasteiger partial charge on any atom is -0.491 e. The van der Waals surface area contributed by atoms with Crippen LogP contribution in [0.2, 0.25) is 5.02 Å². The molecule has 0 unspecified atom stereocenters. The van der Waals surface area contributed by atoms with Gasteiger partial charge in [-0.2, -0.15) is 0 Å². The third-order valence-corrected chi connectivity index (χ3v) is 4.54. The summed E-state index contributed by atoms with van der Waals surface area (Å²) < 4.78 is 11.2. The summed E-state index contributed by atoms with van der Waals surface area (Å²) in [6.45, 7) is 2.20. The van der Waals surface area contributed by atoms with Crippen LogP contribution in [-0.4, -0.2) is 33.8 Å². The van der Waals surface area contributed by atoms with Crippen LogP contribution in [-0.2, 0) is 0 Å². The van der Waals surface area contributed by atoms with E-state index < -0.39 is 6.10 Å². The lowest BCUT2D eigenvalue weighted by molar-refractivity contribution is 0.126. The molecular formula is C18H17ClN2O3S. The van der Waals surface area contributed by atoms with Crippen molar-refractivity contribution in [2.75, 3.05) is 12.4 Å². The second-order valence-corrected chi connectivity index (χ2v) is 6.88. The normalized spacial score (nSPS) is 12.1. The molecule has 1 heterocycles. The lowest BCUT2D eigenvalue weighted by Gasteiger charge is -2.11. The predicted molar refractivity (Wildman–Crippen MR) is 98.1 cm³/mol. The van der Waals surface area contributed by atoms with E-state index in [1.165, 1.54) is 11.8 Å². The van der Waals surface area contributed by atoms with Crippen LogP contribution in [0.3, 0.4) is 0 Å². The topological polar surface area (TPSA) is 68.4 Å². The summed E-state index contributed by atoms with van der Waals surface area (Å²) in [5.41, 5.74) is 1.91. The number of aliphatic hydroxyl groups excluding tert-OH is 1. The Kier molecular flexibility index (Phi) is 5.96. The summed E-state index contributed by atoms with van der Waals surface area (Å²) in [6.07, 6.45) is -0.642. The smallest absolute Gasteiger partial charge is 0.276 e. The van der Waals surface area contributed by atoms with E-state index in [1.807, 2.05) is 43.3 Å². The van der Waals surface area contributed by atoms with E-state index in [0.29, 0.717) is 21.9 Å². The van der Waals surface area contributed by atoms with Crippen LogP contribution >= 0.6 is 23.4 Å². The Balaban J connectivity index is 1.49. The highest BCUT2D eigenvalue weighted by atomic mass is 35.5. The van der Waals surface area contributed by atoms with Gasteiger partial charge in [-0.05, 0) is 48.9 Å². The van der Waals surface area contributed by atoms with Gasteiger partial charge < -0.3 is 14.3 Å². The molecule has 130 valence electrons. The summed E-state index contributed by atoms with van der Waals surface area (Å²) in [6, 6.07) is 14.9. The van der Waals surface area contributed by atoms with Crippen LogP contribution in [0.25, 0.3) is 11.5 Å². The summed E-state index contributed by atoms with van der Waals surface area (Å²) >= 11 is 7.15. The number of thioether (sulfide) groups is 1. The minimum atomic E-state index is -0.642.